The molecule has 1 saturated heterocycles. The molecule has 2 aromatic carbocycles. The van der Waals surface area contributed by atoms with Crippen molar-refractivity contribution in [3.63, 3.8) is 0 Å². The van der Waals surface area contributed by atoms with Crippen LogP contribution in [0.3, 0.4) is 0 Å². The molecule has 3 rings (SSSR count). The van der Waals surface area contributed by atoms with E-state index in [9.17, 15) is 19.7 Å². The Kier molecular flexibility index (Phi) is 6.47. The van der Waals surface area contributed by atoms with Crippen molar-refractivity contribution >= 4 is 23.1 Å². The summed E-state index contributed by atoms with van der Waals surface area (Å²) in [6, 6.07) is 9.71. The molecule has 1 fully saturated rings. The molecule has 2 aromatic rings. The Labute approximate surface area is 174 Å². The third-order valence-corrected chi connectivity index (χ3v) is 5.07. The van der Waals surface area contributed by atoms with Gasteiger partial charge in [-0.05, 0) is 44.5 Å². The van der Waals surface area contributed by atoms with Crippen molar-refractivity contribution in [3.8, 4) is 0 Å². The fourth-order valence-electron chi connectivity index (χ4n) is 3.37. The normalized spacial score (nSPS) is 14.8. The number of Topliss-reactive ketones (excluding diaryl/α,β-unsaturated/α-hetero) is 1. The Hall–Kier alpha value is -3.26. The largest absolute Gasteiger partial charge is 0.451 e. The molecule has 30 heavy (non-hydrogen) atoms. The second kappa shape index (κ2) is 9.04. The van der Waals surface area contributed by atoms with Crippen LogP contribution >= 0.6 is 0 Å². The van der Waals surface area contributed by atoms with Crippen molar-refractivity contribution in [2.45, 2.75) is 26.9 Å². The number of hydrogen-bond donors (Lipinski definition) is 0. The smallest absolute Gasteiger partial charge is 0.339 e. The van der Waals surface area contributed by atoms with Gasteiger partial charge in [-0.2, -0.15) is 0 Å². The number of ether oxygens (including phenoxy) is 2. The number of benzene rings is 2. The monoisotopic (exact) mass is 412 g/mol. The topological polar surface area (TPSA) is 99.0 Å². The van der Waals surface area contributed by atoms with E-state index >= 15 is 0 Å². The third-order valence-electron chi connectivity index (χ3n) is 5.07. The minimum absolute atomic E-state index is 0.0272. The number of aryl methyl sites for hydroxylation is 2. The van der Waals surface area contributed by atoms with E-state index in [1.165, 1.54) is 25.1 Å². The molecule has 8 nitrogen and oxygen atoms in total. The van der Waals surface area contributed by atoms with Crippen LogP contribution in [0.15, 0.2) is 36.4 Å². The molecule has 0 saturated carbocycles. The van der Waals surface area contributed by atoms with Crippen molar-refractivity contribution in [1.82, 2.24) is 0 Å². The fourth-order valence-corrected chi connectivity index (χ4v) is 3.37. The molecule has 0 amide bonds. The molecule has 1 heterocycles. The molecule has 1 aliphatic rings. The molecule has 1 aliphatic heterocycles. The summed E-state index contributed by atoms with van der Waals surface area (Å²) in [6.45, 7) is 7.23. The highest BCUT2D eigenvalue weighted by Crippen LogP contribution is 2.30. The van der Waals surface area contributed by atoms with Gasteiger partial charge in [0.05, 0.1) is 23.7 Å². The summed E-state index contributed by atoms with van der Waals surface area (Å²) < 4.78 is 10.6. The number of rotatable bonds is 6. The number of nitro groups is 1. The maximum atomic E-state index is 12.7. The van der Waals surface area contributed by atoms with Gasteiger partial charge in [-0.1, -0.05) is 17.7 Å². The van der Waals surface area contributed by atoms with Gasteiger partial charge in [-0.25, -0.2) is 4.79 Å². The molecular weight excluding hydrogens is 388 g/mol. The van der Waals surface area contributed by atoms with E-state index in [0.29, 0.717) is 37.6 Å². The number of morpholine rings is 1. The van der Waals surface area contributed by atoms with E-state index < -0.39 is 17.0 Å². The molecule has 0 aromatic heterocycles. The Morgan fingerprint density at radius 3 is 2.50 bits per heavy atom. The predicted molar refractivity (Wildman–Crippen MR) is 111 cm³/mol. The maximum Gasteiger partial charge on any atom is 0.339 e. The van der Waals surface area contributed by atoms with E-state index in [4.69, 9.17) is 9.47 Å². The zero-order valence-electron chi connectivity index (χ0n) is 17.2. The summed E-state index contributed by atoms with van der Waals surface area (Å²) in [5.74, 6) is -1.10. The summed E-state index contributed by atoms with van der Waals surface area (Å²) in [5, 5.41) is 11.6. The lowest BCUT2D eigenvalue weighted by molar-refractivity contribution is -0.384. The lowest BCUT2D eigenvalue weighted by Crippen LogP contribution is -2.36. The van der Waals surface area contributed by atoms with E-state index in [1.807, 2.05) is 30.9 Å². The molecule has 0 aliphatic carbocycles. The van der Waals surface area contributed by atoms with Crippen molar-refractivity contribution < 1.29 is 24.0 Å². The molecule has 8 heteroatoms. The SMILES string of the molecule is Cc1ccc(C)c(C(=O)[C@H](C)OC(=O)c2ccc(N3CCOCC3)c([N+](=O)[O-])c2)c1. The minimum Gasteiger partial charge on any atom is -0.451 e. The molecule has 158 valence electrons. The van der Waals surface area contributed by atoms with E-state index in [1.54, 1.807) is 6.07 Å². The Morgan fingerprint density at radius 1 is 1.13 bits per heavy atom. The standard InChI is InChI=1S/C22H24N2O6/c1-14-4-5-15(2)18(12-14)21(25)16(3)30-22(26)17-6-7-19(20(13-17)24(27)28)23-8-10-29-11-9-23/h4-7,12-13,16H,8-11H2,1-3H3/t16-/m0/s1. The average Bonchev–Trinajstić information content (AvgIpc) is 2.75. The Balaban J connectivity index is 1.79. The number of carbonyl (C=O) groups is 2. The molecular formula is C22H24N2O6. The van der Waals surface area contributed by atoms with Crippen LogP contribution in [0.2, 0.25) is 0 Å². The number of anilines is 1. The maximum absolute atomic E-state index is 12.7. The third kappa shape index (κ3) is 4.65. The quantitative estimate of drug-likeness (QED) is 0.310. The van der Waals surface area contributed by atoms with Gasteiger partial charge in [0.25, 0.3) is 5.69 Å². The van der Waals surface area contributed by atoms with Gasteiger partial charge in [-0.15, -0.1) is 0 Å². The van der Waals surface area contributed by atoms with Crippen LogP contribution in [0.4, 0.5) is 11.4 Å². The molecule has 0 radical (unpaired) electrons. The van der Waals surface area contributed by atoms with E-state index in [2.05, 4.69) is 0 Å². The minimum atomic E-state index is -1.02. The average molecular weight is 412 g/mol. The van der Waals surface area contributed by atoms with Crippen LogP contribution in [0.5, 0.6) is 0 Å². The first-order valence-electron chi connectivity index (χ1n) is 9.71. The highest BCUT2D eigenvalue weighted by molar-refractivity contribution is 6.02. The molecule has 0 spiro atoms. The number of carbonyl (C=O) groups excluding carboxylic acids is 2. The first kappa shape index (κ1) is 21.4. The highest BCUT2D eigenvalue weighted by atomic mass is 16.6. The van der Waals surface area contributed by atoms with Crippen molar-refractivity contribution in [2.75, 3.05) is 31.2 Å². The first-order valence-corrected chi connectivity index (χ1v) is 9.71. The first-order chi connectivity index (χ1) is 14.3. The van der Waals surface area contributed by atoms with Crippen molar-refractivity contribution in [2.24, 2.45) is 0 Å². The van der Waals surface area contributed by atoms with Crippen LogP contribution in [0, 0.1) is 24.0 Å². The molecule has 0 unspecified atom stereocenters. The number of nitrogens with zero attached hydrogens (tertiary/aromatic N) is 2. The van der Waals surface area contributed by atoms with Crippen molar-refractivity contribution in [1.29, 1.82) is 0 Å². The summed E-state index contributed by atoms with van der Waals surface area (Å²) >= 11 is 0. The van der Waals surface area contributed by atoms with Gasteiger partial charge in [0.15, 0.2) is 6.10 Å². The van der Waals surface area contributed by atoms with Gasteiger partial charge >= 0.3 is 5.97 Å². The predicted octanol–water partition coefficient (Wildman–Crippen LogP) is 3.48. The van der Waals surface area contributed by atoms with Crippen LogP contribution in [0.25, 0.3) is 0 Å². The fraction of sp³-hybridized carbons (Fsp3) is 0.364. The number of nitro benzene ring substituents is 1. The van der Waals surface area contributed by atoms with Gasteiger partial charge in [0.1, 0.15) is 5.69 Å². The van der Waals surface area contributed by atoms with Crippen molar-refractivity contribution in [3.05, 3.63) is 68.8 Å². The van der Waals surface area contributed by atoms with Crippen LogP contribution in [0.1, 0.15) is 38.8 Å². The molecule has 0 bridgehead atoms. The second-order valence-corrected chi connectivity index (χ2v) is 7.29. The molecule has 1 atom stereocenters. The number of ketones is 1. The van der Waals surface area contributed by atoms with E-state index in [0.717, 1.165) is 11.1 Å². The Bertz CT molecular complexity index is 982. The van der Waals surface area contributed by atoms with Gasteiger partial charge in [0, 0.05) is 24.7 Å². The van der Waals surface area contributed by atoms with Crippen LogP contribution < -0.4 is 4.90 Å². The summed E-state index contributed by atoms with van der Waals surface area (Å²) in [6.07, 6.45) is -1.02. The lowest BCUT2D eigenvalue weighted by Gasteiger charge is -2.28. The van der Waals surface area contributed by atoms with Gasteiger partial charge in [0.2, 0.25) is 5.78 Å². The summed E-state index contributed by atoms with van der Waals surface area (Å²) in [4.78, 5) is 38.2. The van der Waals surface area contributed by atoms with Gasteiger partial charge in [-0.3, -0.25) is 14.9 Å². The number of hydrogen-bond acceptors (Lipinski definition) is 7. The zero-order chi connectivity index (χ0) is 21.8. The zero-order valence-corrected chi connectivity index (χ0v) is 17.2. The van der Waals surface area contributed by atoms with Gasteiger partial charge < -0.3 is 14.4 Å². The summed E-state index contributed by atoms with van der Waals surface area (Å²) in [7, 11) is 0. The van der Waals surface area contributed by atoms with Crippen LogP contribution in [-0.2, 0) is 9.47 Å². The number of esters is 1. The molecule has 0 N–H and O–H groups in total. The summed E-state index contributed by atoms with van der Waals surface area (Å²) in [5.41, 5.74) is 2.48. The Morgan fingerprint density at radius 2 is 1.83 bits per heavy atom. The second-order valence-electron chi connectivity index (χ2n) is 7.29. The van der Waals surface area contributed by atoms with Crippen LogP contribution in [-0.4, -0.2) is 49.1 Å². The lowest BCUT2D eigenvalue weighted by atomic mass is 9.99. The van der Waals surface area contributed by atoms with E-state index in [-0.39, 0.29) is 17.0 Å². The highest BCUT2D eigenvalue weighted by Gasteiger charge is 2.26.